The van der Waals surface area contributed by atoms with Gasteiger partial charge in [-0.2, -0.15) is 0 Å². The van der Waals surface area contributed by atoms with Crippen molar-refractivity contribution < 1.29 is 19.1 Å². The number of rotatable bonds is 7. The number of unbranched alkanes of at least 4 members (excludes halogenated alkanes) is 1. The zero-order valence-corrected chi connectivity index (χ0v) is 15.3. The molecule has 1 N–H and O–H groups in total. The zero-order chi connectivity index (χ0) is 18.6. The first-order valence-electron chi connectivity index (χ1n) is 8.75. The summed E-state index contributed by atoms with van der Waals surface area (Å²) in [5, 5.41) is 2.82. The normalized spacial score (nSPS) is 15.4. The minimum absolute atomic E-state index is 0.0209. The Morgan fingerprint density at radius 2 is 1.96 bits per heavy atom. The first-order valence-corrected chi connectivity index (χ1v) is 8.75. The van der Waals surface area contributed by atoms with E-state index in [0.29, 0.717) is 30.0 Å². The van der Waals surface area contributed by atoms with Crippen molar-refractivity contribution >= 4 is 23.3 Å². The van der Waals surface area contributed by atoms with Crippen LogP contribution in [0, 0.1) is 0 Å². The molecule has 2 rings (SSSR count). The summed E-state index contributed by atoms with van der Waals surface area (Å²) in [6, 6.07) is 5.01. The molecular weight excluding hydrogens is 320 g/mol. The summed E-state index contributed by atoms with van der Waals surface area (Å²) in [6.07, 6.45) is 2.24. The van der Waals surface area contributed by atoms with E-state index in [0.717, 1.165) is 12.8 Å². The SMILES string of the molecule is CCCCNC(=O)CN1C(=O)C(C)(C)Oc2ccc(C(=O)CC)cc21. The second-order valence-corrected chi connectivity index (χ2v) is 6.67. The van der Waals surface area contributed by atoms with Crippen molar-refractivity contribution in [1.82, 2.24) is 5.32 Å². The van der Waals surface area contributed by atoms with Gasteiger partial charge in [0, 0.05) is 18.5 Å². The van der Waals surface area contributed by atoms with Gasteiger partial charge in [-0.25, -0.2) is 0 Å². The summed E-state index contributed by atoms with van der Waals surface area (Å²) in [5.74, 6) is -0.0459. The maximum absolute atomic E-state index is 12.8. The van der Waals surface area contributed by atoms with Crippen LogP contribution in [-0.2, 0) is 9.59 Å². The Balaban J connectivity index is 2.32. The third kappa shape index (κ3) is 4.18. The Hall–Kier alpha value is -2.37. The van der Waals surface area contributed by atoms with E-state index in [1.54, 1.807) is 39.0 Å². The van der Waals surface area contributed by atoms with Gasteiger partial charge in [-0.3, -0.25) is 19.3 Å². The number of nitrogens with zero attached hydrogens (tertiary/aromatic N) is 1. The lowest BCUT2D eigenvalue weighted by Crippen LogP contribution is -2.55. The molecule has 2 amide bonds. The van der Waals surface area contributed by atoms with Crippen molar-refractivity contribution in [3.63, 3.8) is 0 Å². The van der Waals surface area contributed by atoms with Crippen LogP contribution >= 0.6 is 0 Å². The van der Waals surface area contributed by atoms with Gasteiger partial charge in [-0.1, -0.05) is 20.3 Å². The minimum Gasteiger partial charge on any atom is -0.476 e. The number of benzene rings is 1. The van der Waals surface area contributed by atoms with Crippen LogP contribution in [0.15, 0.2) is 18.2 Å². The van der Waals surface area contributed by atoms with Gasteiger partial charge >= 0.3 is 0 Å². The van der Waals surface area contributed by atoms with Gasteiger partial charge in [0.1, 0.15) is 12.3 Å². The predicted molar refractivity (Wildman–Crippen MR) is 96.0 cm³/mol. The molecule has 1 heterocycles. The van der Waals surface area contributed by atoms with Crippen LogP contribution in [0.2, 0.25) is 0 Å². The van der Waals surface area contributed by atoms with E-state index < -0.39 is 5.60 Å². The number of nitrogens with one attached hydrogen (secondary N) is 1. The molecule has 0 fully saturated rings. The van der Waals surface area contributed by atoms with Crippen molar-refractivity contribution in [1.29, 1.82) is 0 Å². The Bertz CT molecular complexity index is 682. The molecule has 0 unspecified atom stereocenters. The number of ketones is 1. The molecule has 136 valence electrons. The highest BCUT2D eigenvalue weighted by Gasteiger charge is 2.41. The van der Waals surface area contributed by atoms with Gasteiger partial charge in [0.25, 0.3) is 5.91 Å². The van der Waals surface area contributed by atoms with Gasteiger partial charge in [0.15, 0.2) is 11.4 Å². The van der Waals surface area contributed by atoms with E-state index in [2.05, 4.69) is 5.32 Å². The minimum atomic E-state index is -1.06. The van der Waals surface area contributed by atoms with E-state index in [-0.39, 0.29) is 24.1 Å². The number of Topliss-reactive ketones (excluding diaryl/α,β-unsaturated/α-hetero) is 1. The Labute approximate surface area is 148 Å². The Morgan fingerprint density at radius 3 is 2.60 bits per heavy atom. The summed E-state index contributed by atoms with van der Waals surface area (Å²) in [4.78, 5) is 38.4. The van der Waals surface area contributed by atoms with E-state index in [1.807, 2.05) is 6.92 Å². The summed E-state index contributed by atoms with van der Waals surface area (Å²) in [6.45, 7) is 7.66. The molecule has 1 aromatic rings. The number of fused-ring (bicyclic) bond motifs is 1. The topological polar surface area (TPSA) is 75.7 Å². The molecule has 25 heavy (non-hydrogen) atoms. The van der Waals surface area contributed by atoms with E-state index in [4.69, 9.17) is 4.74 Å². The van der Waals surface area contributed by atoms with Crippen molar-refractivity contribution in [3.05, 3.63) is 23.8 Å². The molecule has 0 saturated carbocycles. The molecule has 0 saturated heterocycles. The van der Waals surface area contributed by atoms with Gasteiger partial charge < -0.3 is 10.1 Å². The molecule has 6 heteroatoms. The lowest BCUT2D eigenvalue weighted by Gasteiger charge is -2.38. The second-order valence-electron chi connectivity index (χ2n) is 6.67. The Morgan fingerprint density at radius 1 is 1.24 bits per heavy atom. The van der Waals surface area contributed by atoms with Crippen molar-refractivity contribution in [3.8, 4) is 5.75 Å². The van der Waals surface area contributed by atoms with Gasteiger partial charge in [-0.15, -0.1) is 0 Å². The molecule has 1 aliphatic heterocycles. The van der Waals surface area contributed by atoms with Crippen molar-refractivity contribution in [2.24, 2.45) is 0 Å². The van der Waals surface area contributed by atoms with Crippen molar-refractivity contribution in [2.45, 2.75) is 52.6 Å². The van der Waals surface area contributed by atoms with Crippen LogP contribution in [0.1, 0.15) is 57.3 Å². The zero-order valence-electron chi connectivity index (χ0n) is 15.3. The largest absolute Gasteiger partial charge is 0.476 e. The smallest absolute Gasteiger partial charge is 0.271 e. The summed E-state index contributed by atoms with van der Waals surface area (Å²) in [7, 11) is 0. The van der Waals surface area contributed by atoms with E-state index in [1.165, 1.54) is 4.90 Å². The molecular formula is C19H26N2O4. The molecule has 0 aliphatic carbocycles. The van der Waals surface area contributed by atoms with Gasteiger partial charge in [0.05, 0.1) is 5.69 Å². The van der Waals surface area contributed by atoms with Crippen LogP contribution in [-0.4, -0.2) is 36.3 Å². The third-order valence-electron chi connectivity index (χ3n) is 4.17. The van der Waals surface area contributed by atoms with E-state index >= 15 is 0 Å². The molecule has 1 aromatic carbocycles. The average molecular weight is 346 g/mol. The lowest BCUT2D eigenvalue weighted by molar-refractivity contribution is -0.134. The van der Waals surface area contributed by atoms with Crippen LogP contribution in [0.4, 0.5) is 5.69 Å². The fourth-order valence-corrected chi connectivity index (χ4v) is 2.71. The fourth-order valence-electron chi connectivity index (χ4n) is 2.71. The predicted octanol–water partition coefficient (Wildman–Crippen LogP) is 2.70. The van der Waals surface area contributed by atoms with Crippen LogP contribution in [0.5, 0.6) is 5.75 Å². The standard InChI is InChI=1S/C19H26N2O4/c1-5-7-10-20-17(23)12-21-14-11-13(15(22)6-2)8-9-16(14)25-19(3,4)18(21)24/h8-9,11H,5-7,10,12H2,1-4H3,(H,20,23). The maximum Gasteiger partial charge on any atom is 0.271 e. The molecule has 6 nitrogen and oxygen atoms in total. The average Bonchev–Trinajstić information content (AvgIpc) is 2.58. The highest BCUT2D eigenvalue weighted by molar-refractivity contribution is 6.07. The quantitative estimate of drug-likeness (QED) is 0.608. The number of ether oxygens (including phenoxy) is 1. The van der Waals surface area contributed by atoms with Crippen molar-refractivity contribution in [2.75, 3.05) is 18.0 Å². The first-order chi connectivity index (χ1) is 11.8. The first kappa shape index (κ1) is 19.0. The summed E-state index contributed by atoms with van der Waals surface area (Å²) < 4.78 is 5.78. The number of amides is 2. The molecule has 0 spiro atoms. The molecule has 0 radical (unpaired) electrons. The van der Waals surface area contributed by atoms with Crippen LogP contribution in [0.3, 0.4) is 0 Å². The maximum atomic E-state index is 12.8. The van der Waals surface area contributed by atoms with Crippen LogP contribution in [0.25, 0.3) is 0 Å². The lowest BCUT2D eigenvalue weighted by atomic mass is 10.0. The van der Waals surface area contributed by atoms with E-state index in [9.17, 15) is 14.4 Å². The molecule has 0 aromatic heterocycles. The van der Waals surface area contributed by atoms with Gasteiger partial charge in [0.2, 0.25) is 5.91 Å². The number of hydrogen-bond acceptors (Lipinski definition) is 4. The second kappa shape index (κ2) is 7.68. The van der Waals surface area contributed by atoms with Gasteiger partial charge in [-0.05, 0) is 38.5 Å². The third-order valence-corrected chi connectivity index (χ3v) is 4.17. The summed E-state index contributed by atoms with van der Waals surface area (Å²) >= 11 is 0. The monoisotopic (exact) mass is 346 g/mol. The molecule has 0 bridgehead atoms. The Kier molecular flexibility index (Phi) is 5.82. The number of carbonyl (C=O) groups excluding carboxylic acids is 3. The summed E-state index contributed by atoms with van der Waals surface area (Å²) in [5.41, 5.74) is -0.0875. The number of carbonyl (C=O) groups is 3. The number of hydrogen-bond donors (Lipinski definition) is 1. The molecule has 1 aliphatic rings. The fraction of sp³-hybridized carbons (Fsp3) is 0.526. The highest BCUT2D eigenvalue weighted by Crippen LogP contribution is 2.38. The molecule has 0 atom stereocenters. The number of anilines is 1. The van der Waals surface area contributed by atoms with Crippen LogP contribution < -0.4 is 15.0 Å². The highest BCUT2D eigenvalue weighted by atomic mass is 16.5.